The van der Waals surface area contributed by atoms with Crippen molar-refractivity contribution < 1.29 is 19.4 Å². The van der Waals surface area contributed by atoms with Gasteiger partial charge in [0, 0.05) is 18.7 Å². The van der Waals surface area contributed by atoms with Crippen LogP contribution in [-0.2, 0) is 4.74 Å². The van der Waals surface area contributed by atoms with E-state index in [4.69, 9.17) is 14.6 Å². The molecule has 1 fully saturated rings. The normalized spacial score (nSPS) is 19.6. The predicted molar refractivity (Wildman–Crippen MR) is 55.6 cm³/mol. The number of aromatic nitrogens is 1. The van der Waals surface area contributed by atoms with E-state index in [0.29, 0.717) is 19.1 Å². The second-order valence-electron chi connectivity index (χ2n) is 3.70. The molecule has 2 rings (SSSR count). The molecule has 0 amide bonds. The van der Waals surface area contributed by atoms with E-state index in [1.165, 1.54) is 12.3 Å². The Bertz CT molecular complexity index is 374. The summed E-state index contributed by atoms with van der Waals surface area (Å²) in [7, 11) is 0. The Kier molecular flexibility index (Phi) is 3.36. The van der Waals surface area contributed by atoms with E-state index >= 15 is 0 Å². The maximum absolute atomic E-state index is 10.9. The molecular weight excluding hydrogens is 210 g/mol. The fraction of sp³-hybridized carbons (Fsp3) is 0.455. The smallest absolute Gasteiger partial charge is 0.341 e. The summed E-state index contributed by atoms with van der Waals surface area (Å²) in [6, 6.07) is 3.06. The van der Waals surface area contributed by atoms with Gasteiger partial charge in [0.1, 0.15) is 5.56 Å². The van der Waals surface area contributed by atoms with Crippen molar-refractivity contribution in [3.05, 3.63) is 23.9 Å². The summed E-state index contributed by atoms with van der Waals surface area (Å²) in [4.78, 5) is 14.8. The Hall–Kier alpha value is -1.62. The SMILES string of the molecule is O=C(O)c1cccnc1OC[C@@H]1CCOC1. The first-order valence-corrected chi connectivity index (χ1v) is 5.16. The summed E-state index contributed by atoms with van der Waals surface area (Å²) >= 11 is 0. The molecule has 0 unspecified atom stereocenters. The van der Waals surface area contributed by atoms with Crippen molar-refractivity contribution in [3.8, 4) is 5.88 Å². The van der Waals surface area contributed by atoms with E-state index in [1.807, 2.05) is 0 Å². The lowest BCUT2D eigenvalue weighted by Crippen LogP contribution is -2.14. The number of hydrogen-bond donors (Lipinski definition) is 1. The molecule has 0 aromatic carbocycles. The summed E-state index contributed by atoms with van der Waals surface area (Å²) < 4.78 is 10.6. The predicted octanol–water partition coefficient (Wildman–Crippen LogP) is 1.20. The highest BCUT2D eigenvalue weighted by Gasteiger charge is 2.18. The van der Waals surface area contributed by atoms with Crippen LogP contribution in [0, 0.1) is 5.92 Å². The fourth-order valence-electron chi connectivity index (χ4n) is 1.58. The quantitative estimate of drug-likeness (QED) is 0.830. The first-order valence-electron chi connectivity index (χ1n) is 5.16. The van der Waals surface area contributed by atoms with Gasteiger partial charge in [-0.1, -0.05) is 0 Å². The largest absolute Gasteiger partial charge is 0.477 e. The van der Waals surface area contributed by atoms with Gasteiger partial charge in [0.2, 0.25) is 5.88 Å². The number of rotatable bonds is 4. The minimum atomic E-state index is -1.02. The van der Waals surface area contributed by atoms with Crippen LogP contribution in [0.2, 0.25) is 0 Å². The van der Waals surface area contributed by atoms with Crippen molar-refractivity contribution in [1.29, 1.82) is 0 Å². The van der Waals surface area contributed by atoms with Crippen molar-refractivity contribution in [2.45, 2.75) is 6.42 Å². The molecule has 1 N–H and O–H groups in total. The molecule has 16 heavy (non-hydrogen) atoms. The van der Waals surface area contributed by atoms with Crippen LogP contribution < -0.4 is 4.74 Å². The summed E-state index contributed by atoms with van der Waals surface area (Å²) in [5, 5.41) is 8.91. The van der Waals surface area contributed by atoms with E-state index in [-0.39, 0.29) is 11.4 Å². The topological polar surface area (TPSA) is 68.7 Å². The molecule has 0 aliphatic carbocycles. The van der Waals surface area contributed by atoms with Gasteiger partial charge in [-0.15, -0.1) is 0 Å². The monoisotopic (exact) mass is 223 g/mol. The van der Waals surface area contributed by atoms with Crippen molar-refractivity contribution in [2.75, 3.05) is 19.8 Å². The highest BCUT2D eigenvalue weighted by Crippen LogP contribution is 2.18. The number of carboxylic acid groups (broad SMARTS) is 1. The van der Waals surface area contributed by atoms with Gasteiger partial charge in [0.05, 0.1) is 13.2 Å². The molecule has 1 aromatic rings. The van der Waals surface area contributed by atoms with Crippen LogP contribution in [0.25, 0.3) is 0 Å². The average molecular weight is 223 g/mol. The zero-order valence-corrected chi connectivity index (χ0v) is 8.76. The second kappa shape index (κ2) is 4.94. The van der Waals surface area contributed by atoms with Crippen molar-refractivity contribution in [3.63, 3.8) is 0 Å². The van der Waals surface area contributed by atoms with Crippen LogP contribution in [0.3, 0.4) is 0 Å². The molecule has 5 heteroatoms. The van der Waals surface area contributed by atoms with Gasteiger partial charge < -0.3 is 14.6 Å². The molecule has 1 atom stereocenters. The Labute approximate surface area is 93.0 Å². The summed E-state index contributed by atoms with van der Waals surface area (Å²) in [6.45, 7) is 1.88. The number of carbonyl (C=O) groups is 1. The van der Waals surface area contributed by atoms with Crippen LogP contribution in [0.4, 0.5) is 0 Å². The van der Waals surface area contributed by atoms with Gasteiger partial charge in [-0.2, -0.15) is 0 Å². The van der Waals surface area contributed by atoms with Crippen molar-refractivity contribution in [2.24, 2.45) is 5.92 Å². The maximum atomic E-state index is 10.9. The molecule has 0 saturated carbocycles. The molecule has 86 valence electrons. The number of ether oxygens (including phenoxy) is 2. The standard InChI is InChI=1S/C11H13NO4/c13-11(14)9-2-1-4-12-10(9)16-7-8-3-5-15-6-8/h1-2,4,8H,3,5-7H2,(H,13,14)/t8-/m1/s1. The molecule has 0 spiro atoms. The first kappa shape index (κ1) is 10.9. The van der Waals surface area contributed by atoms with Crippen LogP contribution in [0.5, 0.6) is 5.88 Å². The van der Waals surface area contributed by atoms with Crippen LogP contribution in [0.1, 0.15) is 16.8 Å². The number of nitrogens with zero attached hydrogens (tertiary/aromatic N) is 1. The Balaban J connectivity index is 2.00. The third-order valence-electron chi connectivity index (χ3n) is 2.48. The fourth-order valence-corrected chi connectivity index (χ4v) is 1.58. The Morgan fingerprint density at radius 1 is 1.69 bits per heavy atom. The molecule has 1 aliphatic rings. The Morgan fingerprint density at radius 2 is 2.56 bits per heavy atom. The van der Waals surface area contributed by atoms with Crippen LogP contribution in [0.15, 0.2) is 18.3 Å². The molecule has 0 radical (unpaired) electrons. The van der Waals surface area contributed by atoms with E-state index in [9.17, 15) is 4.79 Å². The number of aromatic carboxylic acids is 1. The average Bonchev–Trinajstić information content (AvgIpc) is 2.79. The second-order valence-corrected chi connectivity index (χ2v) is 3.70. The van der Waals surface area contributed by atoms with Gasteiger partial charge in [0.15, 0.2) is 0 Å². The highest BCUT2D eigenvalue weighted by molar-refractivity contribution is 5.90. The van der Waals surface area contributed by atoms with Gasteiger partial charge in [-0.05, 0) is 18.6 Å². The van der Waals surface area contributed by atoms with E-state index < -0.39 is 5.97 Å². The number of carboxylic acids is 1. The van der Waals surface area contributed by atoms with E-state index in [0.717, 1.165) is 13.0 Å². The number of hydrogen-bond acceptors (Lipinski definition) is 4. The molecule has 5 nitrogen and oxygen atoms in total. The van der Waals surface area contributed by atoms with Gasteiger partial charge in [-0.25, -0.2) is 9.78 Å². The van der Waals surface area contributed by atoms with Crippen LogP contribution in [-0.4, -0.2) is 35.9 Å². The lowest BCUT2D eigenvalue weighted by atomic mass is 10.1. The minimum absolute atomic E-state index is 0.0985. The minimum Gasteiger partial charge on any atom is -0.477 e. The first-order chi connectivity index (χ1) is 7.77. The van der Waals surface area contributed by atoms with Crippen molar-refractivity contribution >= 4 is 5.97 Å². The van der Waals surface area contributed by atoms with E-state index in [1.54, 1.807) is 6.07 Å². The van der Waals surface area contributed by atoms with Crippen LogP contribution >= 0.6 is 0 Å². The van der Waals surface area contributed by atoms with Gasteiger partial charge >= 0.3 is 5.97 Å². The molecule has 1 saturated heterocycles. The van der Waals surface area contributed by atoms with Crippen molar-refractivity contribution in [1.82, 2.24) is 4.98 Å². The molecular formula is C11H13NO4. The van der Waals surface area contributed by atoms with Gasteiger partial charge in [0.25, 0.3) is 0 Å². The molecule has 0 bridgehead atoms. The zero-order chi connectivity index (χ0) is 11.4. The highest BCUT2D eigenvalue weighted by atomic mass is 16.5. The summed E-state index contributed by atoms with van der Waals surface area (Å²) in [5.41, 5.74) is 0.0985. The third kappa shape index (κ3) is 2.49. The summed E-state index contributed by atoms with van der Waals surface area (Å²) in [6.07, 6.45) is 2.47. The summed E-state index contributed by atoms with van der Waals surface area (Å²) in [5.74, 6) is -0.503. The lowest BCUT2D eigenvalue weighted by Gasteiger charge is -2.10. The molecule has 1 aromatic heterocycles. The zero-order valence-electron chi connectivity index (χ0n) is 8.76. The number of pyridine rings is 1. The third-order valence-corrected chi connectivity index (χ3v) is 2.48. The molecule has 2 heterocycles. The lowest BCUT2D eigenvalue weighted by molar-refractivity contribution is 0.0689. The van der Waals surface area contributed by atoms with E-state index in [2.05, 4.69) is 4.98 Å². The van der Waals surface area contributed by atoms with Gasteiger partial charge in [-0.3, -0.25) is 0 Å². The molecule has 1 aliphatic heterocycles. The Morgan fingerprint density at radius 3 is 3.25 bits per heavy atom. The maximum Gasteiger partial charge on any atom is 0.341 e.